The number of anilines is 2. The number of hydrogen-bond acceptors (Lipinski definition) is 5. The van der Waals surface area contributed by atoms with Gasteiger partial charge in [-0.25, -0.2) is 9.98 Å². The predicted molar refractivity (Wildman–Crippen MR) is 127 cm³/mol. The number of ether oxygens (including phenoxy) is 2. The van der Waals surface area contributed by atoms with Gasteiger partial charge in [0, 0.05) is 37.5 Å². The van der Waals surface area contributed by atoms with Crippen molar-refractivity contribution in [3.63, 3.8) is 0 Å². The van der Waals surface area contributed by atoms with Crippen LogP contribution in [0.1, 0.15) is 31.2 Å². The topological polar surface area (TPSA) is 85.0 Å². The first-order valence-corrected chi connectivity index (χ1v) is 9.94. The lowest BCUT2D eigenvalue weighted by molar-refractivity contribution is 0.297. The van der Waals surface area contributed by atoms with Crippen molar-refractivity contribution in [2.24, 2.45) is 10.7 Å². The molecule has 0 spiro atoms. The summed E-state index contributed by atoms with van der Waals surface area (Å²) in [5.41, 5.74) is 8.01. The average molecular weight is 509 g/mol. The van der Waals surface area contributed by atoms with E-state index < -0.39 is 0 Å². The number of benzene rings is 1. The number of aromatic nitrogens is 1. The van der Waals surface area contributed by atoms with Crippen LogP contribution in [0.5, 0.6) is 11.5 Å². The fourth-order valence-corrected chi connectivity index (χ4v) is 3.46. The van der Waals surface area contributed by atoms with Crippen LogP contribution in [-0.2, 0) is 6.54 Å². The lowest BCUT2D eigenvalue weighted by Gasteiger charge is -2.27. The van der Waals surface area contributed by atoms with Crippen molar-refractivity contribution in [2.45, 2.75) is 32.2 Å². The molecule has 4 rings (SSSR count). The van der Waals surface area contributed by atoms with Crippen LogP contribution in [0.3, 0.4) is 0 Å². The maximum absolute atomic E-state index is 6.08. The Morgan fingerprint density at radius 2 is 1.83 bits per heavy atom. The highest BCUT2D eigenvalue weighted by Gasteiger charge is 2.13. The number of rotatable bonds is 4. The summed E-state index contributed by atoms with van der Waals surface area (Å²) in [6, 6.07) is 9.79. The zero-order valence-electron chi connectivity index (χ0n) is 16.5. The third-order valence-electron chi connectivity index (χ3n) is 4.94. The molecule has 0 unspecified atom stereocenters. The monoisotopic (exact) mass is 509 g/mol. The molecule has 8 heteroatoms. The van der Waals surface area contributed by atoms with Crippen molar-refractivity contribution in [2.75, 3.05) is 36.5 Å². The van der Waals surface area contributed by atoms with E-state index in [1.54, 1.807) is 0 Å². The van der Waals surface area contributed by atoms with Crippen LogP contribution in [0.15, 0.2) is 41.5 Å². The third-order valence-corrected chi connectivity index (χ3v) is 4.94. The summed E-state index contributed by atoms with van der Waals surface area (Å²) in [7, 11) is 0. The first kappa shape index (κ1) is 21.5. The van der Waals surface area contributed by atoms with Crippen LogP contribution in [0.4, 0.5) is 11.5 Å². The molecular formula is C21H28IN5O2. The lowest BCUT2D eigenvalue weighted by Crippen LogP contribution is -2.30. The molecule has 0 saturated carbocycles. The molecule has 0 bridgehead atoms. The number of halogens is 1. The number of piperidine rings is 1. The van der Waals surface area contributed by atoms with Crippen LogP contribution >= 0.6 is 24.0 Å². The molecule has 0 amide bonds. The molecule has 1 fully saturated rings. The second-order valence-corrected chi connectivity index (χ2v) is 7.11. The largest absolute Gasteiger partial charge is 0.490 e. The Kier molecular flexibility index (Phi) is 7.79. The molecular weight excluding hydrogens is 481 g/mol. The summed E-state index contributed by atoms with van der Waals surface area (Å²) in [4.78, 5) is 11.3. The maximum Gasteiger partial charge on any atom is 0.193 e. The first-order chi connectivity index (χ1) is 13.8. The number of nitrogens with zero attached hydrogens (tertiary/aromatic N) is 3. The summed E-state index contributed by atoms with van der Waals surface area (Å²) in [5, 5.41) is 3.13. The minimum absolute atomic E-state index is 0. The minimum atomic E-state index is 0. The van der Waals surface area contributed by atoms with Gasteiger partial charge in [0.2, 0.25) is 0 Å². The SMILES string of the molecule is I.NC(=NCc1ccnc(N2CCCCC2)c1)Nc1ccc2c(c1)OCCCO2. The molecule has 156 valence electrons. The Morgan fingerprint density at radius 3 is 2.66 bits per heavy atom. The molecule has 2 aliphatic heterocycles. The van der Waals surface area contributed by atoms with E-state index in [-0.39, 0.29) is 24.0 Å². The number of nitrogens with two attached hydrogens (primary N) is 1. The number of aliphatic imine (C=N–C) groups is 1. The number of nitrogens with one attached hydrogen (secondary N) is 1. The summed E-state index contributed by atoms with van der Waals surface area (Å²) in [6.07, 6.45) is 6.50. The van der Waals surface area contributed by atoms with Crippen LogP contribution in [0, 0.1) is 0 Å². The van der Waals surface area contributed by atoms with Crippen molar-refractivity contribution in [3.05, 3.63) is 42.1 Å². The van der Waals surface area contributed by atoms with E-state index in [2.05, 4.69) is 26.3 Å². The standard InChI is InChI=1S/C21H27N5O2.HI/c22-21(25-17-5-6-18-19(14-17)28-12-4-11-27-18)24-15-16-7-8-23-20(13-16)26-9-2-1-3-10-26;/h5-8,13-14H,1-4,9-12,15H2,(H3,22,24,25);1H. The molecule has 2 aromatic rings. The van der Waals surface area contributed by atoms with Gasteiger partial charge >= 0.3 is 0 Å². The molecule has 0 radical (unpaired) electrons. The summed E-state index contributed by atoms with van der Waals surface area (Å²) in [5.74, 6) is 2.89. The normalized spacial score (nSPS) is 16.6. The van der Waals surface area contributed by atoms with Gasteiger partial charge in [-0.2, -0.15) is 0 Å². The third kappa shape index (κ3) is 5.88. The quantitative estimate of drug-likeness (QED) is 0.371. The maximum atomic E-state index is 6.08. The number of fused-ring (bicyclic) bond motifs is 1. The van der Waals surface area contributed by atoms with E-state index in [1.165, 1.54) is 19.3 Å². The number of guanidine groups is 1. The molecule has 1 saturated heterocycles. The fraction of sp³-hybridized carbons (Fsp3) is 0.429. The molecule has 1 aromatic carbocycles. The summed E-state index contributed by atoms with van der Waals surface area (Å²) < 4.78 is 11.4. The molecule has 29 heavy (non-hydrogen) atoms. The lowest BCUT2D eigenvalue weighted by atomic mass is 10.1. The van der Waals surface area contributed by atoms with Crippen LogP contribution in [0.2, 0.25) is 0 Å². The van der Waals surface area contributed by atoms with Gasteiger partial charge in [-0.3, -0.25) is 0 Å². The zero-order chi connectivity index (χ0) is 19.2. The van der Waals surface area contributed by atoms with Gasteiger partial charge in [0.05, 0.1) is 19.8 Å². The Balaban J connectivity index is 0.00000240. The molecule has 0 atom stereocenters. The summed E-state index contributed by atoms with van der Waals surface area (Å²) in [6.45, 7) is 3.99. The number of pyridine rings is 1. The van der Waals surface area contributed by atoms with Crippen molar-refractivity contribution in [1.82, 2.24) is 4.98 Å². The molecule has 3 heterocycles. The van der Waals surface area contributed by atoms with Crippen LogP contribution in [-0.4, -0.2) is 37.2 Å². The predicted octanol–water partition coefficient (Wildman–Crippen LogP) is 3.78. The highest BCUT2D eigenvalue weighted by Crippen LogP contribution is 2.32. The van der Waals surface area contributed by atoms with E-state index in [1.807, 2.05) is 30.5 Å². The van der Waals surface area contributed by atoms with Gasteiger partial charge in [-0.15, -0.1) is 24.0 Å². The van der Waals surface area contributed by atoms with Crippen LogP contribution < -0.4 is 25.4 Å². The van der Waals surface area contributed by atoms with Gasteiger partial charge < -0.3 is 25.4 Å². The van der Waals surface area contributed by atoms with Crippen molar-refractivity contribution in [3.8, 4) is 11.5 Å². The van der Waals surface area contributed by atoms with Gasteiger partial charge in [0.15, 0.2) is 17.5 Å². The zero-order valence-corrected chi connectivity index (χ0v) is 18.8. The smallest absolute Gasteiger partial charge is 0.193 e. The van der Waals surface area contributed by atoms with Gasteiger partial charge in [-0.1, -0.05) is 0 Å². The molecule has 2 aliphatic rings. The second-order valence-electron chi connectivity index (χ2n) is 7.11. The van der Waals surface area contributed by atoms with E-state index in [4.69, 9.17) is 15.2 Å². The van der Waals surface area contributed by atoms with E-state index in [0.717, 1.165) is 48.1 Å². The van der Waals surface area contributed by atoms with E-state index in [9.17, 15) is 0 Å². The Hall–Kier alpha value is -2.23. The molecule has 7 nitrogen and oxygen atoms in total. The average Bonchev–Trinajstić information content (AvgIpc) is 2.98. The van der Waals surface area contributed by atoms with Crippen molar-refractivity contribution >= 4 is 41.4 Å². The first-order valence-electron chi connectivity index (χ1n) is 9.94. The minimum Gasteiger partial charge on any atom is -0.490 e. The fourth-order valence-electron chi connectivity index (χ4n) is 3.46. The highest BCUT2D eigenvalue weighted by atomic mass is 127. The highest BCUT2D eigenvalue weighted by molar-refractivity contribution is 14.0. The molecule has 1 aromatic heterocycles. The Morgan fingerprint density at radius 1 is 1.03 bits per heavy atom. The van der Waals surface area contributed by atoms with Gasteiger partial charge in [0.25, 0.3) is 0 Å². The number of hydrogen-bond donors (Lipinski definition) is 2. The van der Waals surface area contributed by atoms with Crippen molar-refractivity contribution < 1.29 is 9.47 Å². The Bertz CT molecular complexity index is 840. The second kappa shape index (κ2) is 10.5. The molecule has 3 N–H and O–H groups in total. The van der Waals surface area contributed by atoms with Crippen molar-refractivity contribution in [1.29, 1.82) is 0 Å². The molecule has 0 aliphatic carbocycles. The Labute approximate surface area is 188 Å². The van der Waals surface area contributed by atoms with E-state index in [0.29, 0.717) is 25.7 Å². The van der Waals surface area contributed by atoms with Gasteiger partial charge in [0.1, 0.15) is 5.82 Å². The van der Waals surface area contributed by atoms with Gasteiger partial charge in [-0.05, 0) is 49.1 Å². The summed E-state index contributed by atoms with van der Waals surface area (Å²) >= 11 is 0. The van der Waals surface area contributed by atoms with Crippen LogP contribution in [0.25, 0.3) is 0 Å². The van der Waals surface area contributed by atoms with E-state index >= 15 is 0 Å².